The van der Waals surface area contributed by atoms with E-state index in [0.29, 0.717) is 5.75 Å². The number of ether oxygens (including phenoxy) is 1. The quantitative estimate of drug-likeness (QED) is 0.244. The third-order valence-corrected chi connectivity index (χ3v) is 4.08. The van der Waals surface area contributed by atoms with Crippen molar-refractivity contribution in [1.82, 2.24) is 0 Å². The first-order chi connectivity index (χ1) is 12.9. The van der Waals surface area contributed by atoms with Crippen molar-refractivity contribution in [3.63, 3.8) is 0 Å². The summed E-state index contributed by atoms with van der Waals surface area (Å²) in [5.41, 5.74) is 0.865. The highest BCUT2D eigenvalue weighted by molar-refractivity contribution is 7.46. The molecule has 1 aromatic rings. The number of hydrogen-bond acceptors (Lipinski definition) is 3. The summed E-state index contributed by atoms with van der Waals surface area (Å²) in [6.07, 6.45) is 9.32. The van der Waals surface area contributed by atoms with Gasteiger partial charge in [0.25, 0.3) is 0 Å². The summed E-state index contributed by atoms with van der Waals surface area (Å²) in [6, 6.07) is 7.06. The van der Waals surface area contributed by atoms with Crippen LogP contribution in [-0.2, 0) is 15.7 Å². The Hall–Kier alpha value is -1.13. The number of hydrogen-bond donors (Lipinski definition) is 2. The van der Waals surface area contributed by atoms with Gasteiger partial charge in [-0.15, -0.1) is 13.2 Å². The maximum absolute atomic E-state index is 10.9. The Morgan fingerprint density at radius 3 is 1.89 bits per heavy atom. The van der Waals surface area contributed by atoms with Gasteiger partial charge in [-0.1, -0.05) is 63.6 Å². The van der Waals surface area contributed by atoms with Crippen LogP contribution in [0.2, 0.25) is 0 Å². The van der Waals surface area contributed by atoms with E-state index in [9.17, 15) is 4.57 Å². The Kier molecular flexibility index (Phi) is 20.4. The van der Waals surface area contributed by atoms with Crippen molar-refractivity contribution in [3.8, 4) is 5.75 Å². The molecule has 2 N–H and O–H groups in total. The molecule has 1 aromatic carbocycles. The molecular weight excluding hydrogens is 363 g/mol. The lowest BCUT2D eigenvalue weighted by Gasteiger charge is -2.11. The van der Waals surface area contributed by atoms with Gasteiger partial charge in [-0.05, 0) is 38.3 Å². The van der Waals surface area contributed by atoms with E-state index in [1.165, 1.54) is 32.1 Å². The first-order valence-corrected chi connectivity index (χ1v) is 11.4. The predicted octanol–water partition coefficient (Wildman–Crippen LogP) is 6.30. The van der Waals surface area contributed by atoms with Gasteiger partial charge in [0, 0.05) is 13.2 Å². The van der Waals surface area contributed by atoms with Crippen molar-refractivity contribution in [3.05, 3.63) is 43.0 Å². The Morgan fingerprint density at radius 1 is 0.889 bits per heavy atom. The highest BCUT2D eigenvalue weighted by atomic mass is 31.2. The molecule has 0 aliphatic carbocycles. The van der Waals surface area contributed by atoms with Crippen LogP contribution >= 0.6 is 7.82 Å². The fourth-order valence-corrected chi connectivity index (χ4v) is 2.84. The van der Waals surface area contributed by atoms with Gasteiger partial charge in [0.1, 0.15) is 5.75 Å². The minimum Gasteiger partial charge on any atom is -0.404 e. The van der Waals surface area contributed by atoms with Gasteiger partial charge >= 0.3 is 7.82 Å². The highest BCUT2D eigenvalue weighted by Crippen LogP contribution is 2.39. The van der Waals surface area contributed by atoms with Gasteiger partial charge in [0.05, 0.1) is 0 Å². The van der Waals surface area contributed by atoms with Crippen molar-refractivity contribution in [1.29, 1.82) is 0 Å². The predicted molar refractivity (Wildman–Crippen MR) is 114 cm³/mol. The number of phosphoric ester groups is 1. The van der Waals surface area contributed by atoms with E-state index in [2.05, 4.69) is 20.1 Å². The molecule has 0 saturated carbocycles. The number of unbranched alkanes of at least 4 members (excludes halogenated alkanes) is 6. The molecular formula is C21H39O5P. The zero-order valence-corrected chi connectivity index (χ0v) is 18.3. The van der Waals surface area contributed by atoms with Gasteiger partial charge in [0.2, 0.25) is 0 Å². The van der Waals surface area contributed by atoms with E-state index < -0.39 is 7.82 Å². The van der Waals surface area contributed by atoms with E-state index in [4.69, 9.17) is 19.0 Å². The fraction of sp³-hybridized carbons (Fsp3) is 0.619. The molecule has 0 spiro atoms. The largest absolute Gasteiger partial charge is 0.524 e. The Bertz CT molecular complexity index is 485. The van der Waals surface area contributed by atoms with Gasteiger partial charge in [-0.2, -0.15) is 0 Å². The van der Waals surface area contributed by atoms with E-state index in [-0.39, 0.29) is 0 Å². The zero-order chi connectivity index (χ0) is 21.0. The first kappa shape index (κ1) is 28.1. The van der Waals surface area contributed by atoms with E-state index in [1.807, 2.05) is 26.0 Å². The van der Waals surface area contributed by atoms with Crippen LogP contribution in [0.3, 0.4) is 0 Å². The monoisotopic (exact) mass is 402 g/mol. The maximum atomic E-state index is 10.9. The standard InChI is InChI=1S/C15H25O4P.C4H10O.C2H4/c1-2-3-4-5-6-7-8-11-14-12-9-10-13-15(14)19-20(16,17)18;1-3-5-4-2;1-2/h9-10,12-13H,2-8,11H2,1H3,(H2,16,17,18);3-4H2,1-2H3;1-2H2. The van der Waals surface area contributed by atoms with Crippen LogP contribution in [0.15, 0.2) is 37.4 Å². The topological polar surface area (TPSA) is 76.0 Å². The SMILES string of the molecule is C=C.CCCCCCCCCc1ccccc1OP(=O)(O)O.CCOCC. The summed E-state index contributed by atoms with van der Waals surface area (Å²) in [7, 11) is -4.47. The molecule has 0 aliphatic rings. The number of benzene rings is 1. The third kappa shape index (κ3) is 19.4. The average Bonchev–Trinajstić information content (AvgIpc) is 2.64. The van der Waals surface area contributed by atoms with Crippen LogP contribution in [-0.4, -0.2) is 23.0 Å². The van der Waals surface area contributed by atoms with Crippen LogP contribution in [0.5, 0.6) is 5.75 Å². The second-order valence-corrected chi connectivity index (χ2v) is 7.01. The zero-order valence-electron chi connectivity index (χ0n) is 17.4. The molecule has 0 radical (unpaired) electrons. The van der Waals surface area contributed by atoms with Crippen LogP contribution in [0.25, 0.3) is 0 Å². The van der Waals surface area contributed by atoms with Crippen molar-refractivity contribution >= 4 is 7.82 Å². The van der Waals surface area contributed by atoms with E-state index in [1.54, 1.807) is 12.1 Å². The van der Waals surface area contributed by atoms with Crippen LogP contribution < -0.4 is 4.52 Å². The van der Waals surface area contributed by atoms with Crippen molar-refractivity contribution in [2.45, 2.75) is 72.1 Å². The maximum Gasteiger partial charge on any atom is 0.524 e. The number of phosphoric acid groups is 1. The molecule has 0 unspecified atom stereocenters. The van der Waals surface area contributed by atoms with Crippen molar-refractivity contribution in [2.24, 2.45) is 0 Å². The Labute approximate surface area is 166 Å². The summed E-state index contributed by atoms with van der Waals surface area (Å²) >= 11 is 0. The normalized spacial score (nSPS) is 10.3. The Balaban J connectivity index is 0. The molecule has 0 amide bonds. The average molecular weight is 403 g/mol. The molecule has 1 rings (SSSR count). The lowest BCUT2D eigenvalue weighted by atomic mass is 10.0. The molecule has 5 nitrogen and oxygen atoms in total. The minimum atomic E-state index is -4.47. The lowest BCUT2D eigenvalue weighted by molar-refractivity contribution is 0.162. The first-order valence-electron chi connectivity index (χ1n) is 9.85. The summed E-state index contributed by atoms with van der Waals surface area (Å²) in [5.74, 6) is 0.298. The number of para-hydroxylation sites is 1. The number of rotatable bonds is 12. The second kappa shape index (κ2) is 19.6. The molecule has 158 valence electrons. The summed E-state index contributed by atoms with van der Waals surface area (Å²) < 4.78 is 20.4. The third-order valence-electron chi connectivity index (χ3n) is 3.65. The second-order valence-electron chi connectivity index (χ2n) is 5.84. The van der Waals surface area contributed by atoms with Gasteiger partial charge in [-0.3, -0.25) is 9.79 Å². The van der Waals surface area contributed by atoms with Crippen molar-refractivity contribution in [2.75, 3.05) is 13.2 Å². The summed E-state index contributed by atoms with van der Waals surface area (Å²) in [6.45, 7) is 13.9. The molecule has 6 heteroatoms. The van der Waals surface area contributed by atoms with Crippen molar-refractivity contribution < 1.29 is 23.6 Å². The van der Waals surface area contributed by atoms with E-state index >= 15 is 0 Å². The van der Waals surface area contributed by atoms with Crippen LogP contribution in [0, 0.1) is 0 Å². The van der Waals surface area contributed by atoms with Gasteiger partial charge in [0.15, 0.2) is 0 Å². The molecule has 0 heterocycles. The van der Waals surface area contributed by atoms with Crippen LogP contribution in [0.1, 0.15) is 71.3 Å². The minimum absolute atomic E-state index is 0.298. The molecule has 0 aromatic heterocycles. The molecule has 0 fully saturated rings. The van der Waals surface area contributed by atoms with E-state index in [0.717, 1.165) is 38.0 Å². The van der Waals surface area contributed by atoms with Gasteiger partial charge in [-0.25, -0.2) is 4.57 Å². The summed E-state index contributed by atoms with van der Waals surface area (Å²) in [4.78, 5) is 17.8. The fourth-order valence-electron chi connectivity index (χ4n) is 2.40. The smallest absolute Gasteiger partial charge is 0.404 e. The molecule has 0 atom stereocenters. The molecule has 27 heavy (non-hydrogen) atoms. The Morgan fingerprint density at radius 2 is 1.41 bits per heavy atom. The lowest BCUT2D eigenvalue weighted by Crippen LogP contribution is -1.95. The highest BCUT2D eigenvalue weighted by Gasteiger charge is 2.17. The number of aryl methyl sites for hydroxylation is 1. The molecule has 0 aliphatic heterocycles. The molecule has 0 bridgehead atoms. The van der Waals surface area contributed by atoms with Gasteiger partial charge < -0.3 is 9.26 Å². The summed E-state index contributed by atoms with van der Waals surface area (Å²) in [5, 5.41) is 0. The molecule has 0 saturated heterocycles. The van der Waals surface area contributed by atoms with Crippen LogP contribution in [0.4, 0.5) is 0 Å².